The van der Waals surface area contributed by atoms with Crippen LogP contribution in [-0.2, 0) is 34.3 Å². The normalized spacial score (nSPS) is 20.0. The van der Waals surface area contributed by atoms with Gasteiger partial charge in [-0.1, -0.05) is 57.0 Å². The Morgan fingerprint density at radius 3 is 2.44 bits per heavy atom. The molecule has 4 aliphatic rings. The molecular formula is C48H64N10O4. The minimum Gasteiger partial charge on any atom is -0.380 e. The fourth-order valence-electron chi connectivity index (χ4n) is 10.7. The zero-order valence-corrected chi connectivity index (χ0v) is 36.8. The van der Waals surface area contributed by atoms with Crippen LogP contribution in [0.15, 0.2) is 59.7 Å². The highest BCUT2D eigenvalue weighted by Gasteiger charge is 2.52. The van der Waals surface area contributed by atoms with Gasteiger partial charge in [-0.05, 0) is 78.2 Å². The predicted octanol–water partition coefficient (Wildman–Crippen LogP) is 5.58. The summed E-state index contributed by atoms with van der Waals surface area (Å²) in [6, 6.07) is 14.4. The number of benzene rings is 2. The number of H-pyrrole nitrogens is 1. The highest BCUT2D eigenvalue weighted by Crippen LogP contribution is 2.52. The largest absolute Gasteiger partial charge is 0.380 e. The van der Waals surface area contributed by atoms with Crippen molar-refractivity contribution in [2.24, 2.45) is 24.3 Å². The van der Waals surface area contributed by atoms with Crippen LogP contribution >= 0.6 is 0 Å². The minimum atomic E-state index is -0.665. The quantitative estimate of drug-likeness (QED) is 0.0755. The maximum absolute atomic E-state index is 13.1. The number of nitrogens with zero attached hydrogens (tertiary/aromatic N) is 7. The molecule has 2 aromatic carbocycles. The Morgan fingerprint density at radius 1 is 0.919 bits per heavy atom. The molecule has 1 atom stereocenters. The van der Waals surface area contributed by atoms with Gasteiger partial charge in [0.25, 0.3) is 0 Å². The SMILES string of the molecule is CCC(CC)CNc1ncc2c(-c3ccc(CN4CCN(CC5CC6(C5)CN(CCOCCCc5ccc7c(c5)n(C)c(=O)n7C5CCC(=O)NC5=O)C6)CC4)cc3)c[nH]c2n1. The van der Waals surface area contributed by atoms with Crippen LogP contribution in [0.25, 0.3) is 33.2 Å². The van der Waals surface area contributed by atoms with E-state index in [0.29, 0.717) is 30.3 Å². The van der Waals surface area contributed by atoms with Crippen molar-refractivity contribution in [2.75, 3.05) is 77.4 Å². The first kappa shape index (κ1) is 42.4. The fourth-order valence-corrected chi connectivity index (χ4v) is 10.7. The van der Waals surface area contributed by atoms with Gasteiger partial charge in [-0.3, -0.25) is 33.8 Å². The van der Waals surface area contributed by atoms with Crippen LogP contribution in [0.3, 0.4) is 0 Å². The molecule has 1 aliphatic carbocycles. The van der Waals surface area contributed by atoms with E-state index < -0.39 is 11.9 Å². The zero-order valence-electron chi connectivity index (χ0n) is 36.8. The number of carbonyl (C=O) groups is 2. The number of likely N-dealkylation sites (tertiary alicyclic amines) is 1. The van der Waals surface area contributed by atoms with E-state index in [1.165, 1.54) is 48.2 Å². The van der Waals surface area contributed by atoms with Crippen molar-refractivity contribution in [3.8, 4) is 11.1 Å². The first-order valence-corrected chi connectivity index (χ1v) is 23.1. The van der Waals surface area contributed by atoms with Crippen molar-refractivity contribution in [1.82, 2.24) is 44.1 Å². The number of piperidine rings is 1. The number of nitrogens with one attached hydrogen (secondary N) is 3. The maximum Gasteiger partial charge on any atom is 0.329 e. The molecule has 2 amide bonds. The molecule has 3 N–H and O–H groups in total. The number of aryl methyl sites for hydroxylation is 2. The number of piperazine rings is 1. The van der Waals surface area contributed by atoms with E-state index in [0.717, 1.165) is 117 Å². The number of anilines is 1. The van der Waals surface area contributed by atoms with Crippen molar-refractivity contribution >= 4 is 39.8 Å². The molecule has 62 heavy (non-hydrogen) atoms. The van der Waals surface area contributed by atoms with Gasteiger partial charge in [0.1, 0.15) is 11.7 Å². The smallest absolute Gasteiger partial charge is 0.329 e. The zero-order chi connectivity index (χ0) is 42.8. The summed E-state index contributed by atoms with van der Waals surface area (Å²) in [5.41, 5.74) is 7.52. The van der Waals surface area contributed by atoms with E-state index in [4.69, 9.17) is 9.72 Å². The molecule has 5 aromatic rings. The fraction of sp³-hybridized carbons (Fsp3) is 0.562. The summed E-state index contributed by atoms with van der Waals surface area (Å²) < 4.78 is 9.17. The van der Waals surface area contributed by atoms with Gasteiger partial charge in [0, 0.05) is 109 Å². The molecule has 4 fully saturated rings. The molecule has 14 nitrogen and oxygen atoms in total. The molecular weight excluding hydrogens is 781 g/mol. The molecule has 3 saturated heterocycles. The average Bonchev–Trinajstić information content (AvgIpc) is 3.78. The Kier molecular flexibility index (Phi) is 12.6. The Hall–Kier alpha value is -4.89. The topological polar surface area (TPSA) is 146 Å². The van der Waals surface area contributed by atoms with Gasteiger partial charge in [-0.2, -0.15) is 4.98 Å². The monoisotopic (exact) mass is 845 g/mol. The number of hydrogen-bond donors (Lipinski definition) is 3. The van der Waals surface area contributed by atoms with E-state index >= 15 is 0 Å². The number of amides is 2. The number of aromatic amines is 1. The number of imidazole rings is 1. The van der Waals surface area contributed by atoms with Gasteiger partial charge >= 0.3 is 5.69 Å². The lowest BCUT2D eigenvalue weighted by Gasteiger charge is -2.60. The van der Waals surface area contributed by atoms with Crippen LogP contribution in [0.4, 0.5) is 5.95 Å². The molecule has 14 heteroatoms. The summed E-state index contributed by atoms with van der Waals surface area (Å²) in [5, 5.41) is 6.84. The van der Waals surface area contributed by atoms with Crippen LogP contribution in [0.1, 0.15) is 76.0 Å². The molecule has 1 spiro atoms. The summed E-state index contributed by atoms with van der Waals surface area (Å²) in [6.45, 7) is 17.0. The van der Waals surface area contributed by atoms with E-state index in [2.05, 4.69) is 79.6 Å². The minimum absolute atomic E-state index is 0.235. The number of fused-ring (bicyclic) bond motifs is 2. The third-order valence-corrected chi connectivity index (χ3v) is 14.3. The van der Waals surface area contributed by atoms with Crippen molar-refractivity contribution in [1.29, 1.82) is 0 Å². The third-order valence-electron chi connectivity index (χ3n) is 14.3. The molecule has 1 unspecified atom stereocenters. The molecule has 9 rings (SSSR count). The van der Waals surface area contributed by atoms with E-state index in [-0.39, 0.29) is 18.0 Å². The Balaban J connectivity index is 0.636. The van der Waals surface area contributed by atoms with Gasteiger partial charge in [-0.25, -0.2) is 9.78 Å². The summed E-state index contributed by atoms with van der Waals surface area (Å²) >= 11 is 0. The number of hydrogen-bond acceptors (Lipinski definition) is 10. The molecule has 1 saturated carbocycles. The first-order chi connectivity index (χ1) is 30.2. The van der Waals surface area contributed by atoms with Gasteiger partial charge in [-0.15, -0.1) is 0 Å². The highest BCUT2D eigenvalue weighted by molar-refractivity contribution is 6.00. The van der Waals surface area contributed by atoms with Crippen LogP contribution in [0.2, 0.25) is 0 Å². The molecule has 330 valence electrons. The number of ether oxygens (including phenoxy) is 1. The highest BCUT2D eigenvalue weighted by atomic mass is 16.5. The standard InChI is InChI=1S/C48H64N10O4/c1-4-33(5-2)26-50-46-51-28-39-38(27-49-44(39)53-46)37-11-8-35(9-12-37)29-55-16-18-56(19-17-55)30-36-24-48(25-36)31-57(32-48)20-22-62-21-6-7-34-10-13-40-42(23-34)54(3)47(61)58(40)41-14-15-43(59)52-45(41)60/h8-13,23,27-28,33,36,41H,4-7,14-22,24-26,29-32H2,1-3H3,(H,52,59,60)(H2,49,50,51,53). The van der Waals surface area contributed by atoms with Crippen molar-refractivity contribution in [3.63, 3.8) is 0 Å². The lowest BCUT2D eigenvalue weighted by atomic mass is 9.57. The van der Waals surface area contributed by atoms with Crippen molar-refractivity contribution in [2.45, 2.75) is 77.8 Å². The van der Waals surface area contributed by atoms with Crippen LogP contribution in [-0.4, -0.2) is 123 Å². The van der Waals surface area contributed by atoms with Gasteiger partial charge in [0.05, 0.1) is 17.6 Å². The molecule has 6 heterocycles. The van der Waals surface area contributed by atoms with E-state index in [1.807, 2.05) is 24.4 Å². The lowest BCUT2D eigenvalue weighted by molar-refractivity contribution is -0.135. The molecule has 3 aliphatic heterocycles. The Bertz CT molecular complexity index is 2410. The number of aromatic nitrogens is 5. The Morgan fingerprint density at radius 2 is 1.68 bits per heavy atom. The molecule has 0 radical (unpaired) electrons. The van der Waals surface area contributed by atoms with E-state index in [9.17, 15) is 14.4 Å². The first-order valence-electron chi connectivity index (χ1n) is 23.1. The van der Waals surface area contributed by atoms with E-state index in [1.54, 1.807) is 11.6 Å². The van der Waals surface area contributed by atoms with Crippen molar-refractivity contribution in [3.05, 3.63) is 76.5 Å². The lowest BCUT2D eigenvalue weighted by Crippen LogP contribution is -2.64. The van der Waals surface area contributed by atoms with Crippen LogP contribution in [0.5, 0.6) is 0 Å². The Labute approximate surface area is 364 Å². The molecule has 0 bridgehead atoms. The maximum atomic E-state index is 13.1. The van der Waals surface area contributed by atoms with Gasteiger partial charge in [0.15, 0.2) is 0 Å². The second-order valence-electron chi connectivity index (χ2n) is 18.7. The molecule has 3 aromatic heterocycles. The van der Waals surface area contributed by atoms with Crippen LogP contribution < -0.4 is 16.3 Å². The average molecular weight is 845 g/mol. The third kappa shape index (κ3) is 9.11. The predicted molar refractivity (Wildman–Crippen MR) is 243 cm³/mol. The summed E-state index contributed by atoms with van der Waals surface area (Å²) in [7, 11) is 1.74. The second kappa shape index (κ2) is 18.4. The van der Waals surface area contributed by atoms with Crippen LogP contribution in [0, 0.1) is 17.3 Å². The summed E-state index contributed by atoms with van der Waals surface area (Å²) in [5.74, 6) is 1.46. The van der Waals surface area contributed by atoms with Gasteiger partial charge in [0.2, 0.25) is 17.8 Å². The second-order valence-corrected chi connectivity index (χ2v) is 18.7. The van der Waals surface area contributed by atoms with Crippen molar-refractivity contribution < 1.29 is 14.3 Å². The van der Waals surface area contributed by atoms with Gasteiger partial charge < -0.3 is 19.9 Å². The summed E-state index contributed by atoms with van der Waals surface area (Å²) in [6.07, 6.45) is 11.4. The number of rotatable bonds is 18. The number of carbonyl (C=O) groups excluding carboxylic acids is 2. The number of imide groups is 1. The summed E-state index contributed by atoms with van der Waals surface area (Å²) in [4.78, 5) is 57.8.